The fourth-order valence-electron chi connectivity index (χ4n) is 2.18. The zero-order chi connectivity index (χ0) is 15.9. The molecule has 3 nitrogen and oxygen atoms in total. The number of hydrogen-bond acceptors (Lipinski definition) is 3. The van der Waals surface area contributed by atoms with E-state index in [1.807, 2.05) is 18.2 Å². The molecule has 0 unspecified atom stereocenters. The summed E-state index contributed by atoms with van der Waals surface area (Å²) in [5, 5.41) is 2.76. The third-order valence-electron chi connectivity index (χ3n) is 3.29. The second-order valence-electron chi connectivity index (χ2n) is 5.28. The molecule has 116 valence electrons. The second kappa shape index (κ2) is 7.90. The Morgan fingerprint density at radius 3 is 2.68 bits per heavy atom. The van der Waals surface area contributed by atoms with Gasteiger partial charge in [-0.1, -0.05) is 37.2 Å². The van der Waals surface area contributed by atoms with Gasteiger partial charge in [-0.3, -0.25) is 4.79 Å². The number of carbonyl (C=O) groups is 1. The minimum Gasteiger partial charge on any atom is -0.397 e. The number of anilines is 2. The maximum Gasteiger partial charge on any atom is 0.221 e. The van der Waals surface area contributed by atoms with Gasteiger partial charge in [0.25, 0.3) is 0 Å². The first kappa shape index (κ1) is 16.4. The van der Waals surface area contributed by atoms with Crippen LogP contribution >= 0.6 is 11.8 Å². The van der Waals surface area contributed by atoms with Crippen LogP contribution in [0.25, 0.3) is 0 Å². The molecule has 0 fully saturated rings. The van der Waals surface area contributed by atoms with Gasteiger partial charge in [0.15, 0.2) is 0 Å². The average Bonchev–Trinajstić information content (AvgIpc) is 2.48. The zero-order valence-corrected chi connectivity index (χ0v) is 13.9. The monoisotopic (exact) mass is 314 g/mol. The van der Waals surface area contributed by atoms with E-state index in [4.69, 9.17) is 5.73 Å². The molecule has 0 radical (unpaired) electrons. The van der Waals surface area contributed by atoms with E-state index >= 15 is 0 Å². The maximum atomic E-state index is 11.2. The summed E-state index contributed by atoms with van der Waals surface area (Å²) in [6, 6.07) is 14.3. The minimum atomic E-state index is -0.115. The topological polar surface area (TPSA) is 55.1 Å². The van der Waals surface area contributed by atoms with Gasteiger partial charge in [-0.05, 0) is 48.7 Å². The third kappa shape index (κ3) is 4.81. The summed E-state index contributed by atoms with van der Waals surface area (Å²) in [5.41, 5.74) is 8.50. The fourth-order valence-corrected chi connectivity index (χ4v) is 3.12. The van der Waals surface area contributed by atoms with E-state index in [0.717, 1.165) is 11.3 Å². The van der Waals surface area contributed by atoms with Crippen molar-refractivity contribution >= 4 is 29.0 Å². The highest BCUT2D eigenvalue weighted by molar-refractivity contribution is 7.99. The summed E-state index contributed by atoms with van der Waals surface area (Å²) in [5.74, 6) is -0.115. The Labute approximate surface area is 136 Å². The molecule has 2 rings (SSSR count). The number of rotatable bonds is 6. The predicted molar refractivity (Wildman–Crippen MR) is 94.3 cm³/mol. The molecule has 0 atom stereocenters. The first-order chi connectivity index (χ1) is 10.6. The van der Waals surface area contributed by atoms with Gasteiger partial charge in [-0.15, -0.1) is 0 Å². The smallest absolute Gasteiger partial charge is 0.221 e. The molecule has 4 heteroatoms. The standard InChI is InChI=1S/C18H22N2OS/c1-3-4-6-14-7-5-8-15(11-14)22-16-9-10-17(19)18(12-16)20-13(2)21/h5,7-12H,3-4,6,19H2,1-2H3,(H,20,21). The number of unbranched alkanes of at least 4 members (excludes halogenated alkanes) is 1. The molecule has 0 aliphatic heterocycles. The normalized spacial score (nSPS) is 10.5. The maximum absolute atomic E-state index is 11.2. The summed E-state index contributed by atoms with van der Waals surface area (Å²) in [7, 11) is 0. The van der Waals surface area contributed by atoms with Crippen molar-refractivity contribution in [2.75, 3.05) is 11.1 Å². The highest BCUT2D eigenvalue weighted by Crippen LogP contribution is 2.32. The van der Waals surface area contributed by atoms with Crippen LogP contribution < -0.4 is 11.1 Å². The number of nitrogens with two attached hydrogens (primary N) is 1. The molecule has 0 heterocycles. The van der Waals surface area contributed by atoms with Crippen molar-refractivity contribution in [1.29, 1.82) is 0 Å². The second-order valence-corrected chi connectivity index (χ2v) is 6.43. The largest absolute Gasteiger partial charge is 0.397 e. The molecule has 0 aliphatic rings. The lowest BCUT2D eigenvalue weighted by molar-refractivity contribution is -0.114. The van der Waals surface area contributed by atoms with Gasteiger partial charge in [0, 0.05) is 16.7 Å². The average molecular weight is 314 g/mol. The number of aryl methyl sites for hydroxylation is 1. The Bertz CT molecular complexity index is 655. The van der Waals surface area contributed by atoms with Gasteiger partial charge in [0.2, 0.25) is 5.91 Å². The van der Waals surface area contributed by atoms with Crippen molar-refractivity contribution in [1.82, 2.24) is 0 Å². The van der Waals surface area contributed by atoms with Gasteiger partial charge >= 0.3 is 0 Å². The molecule has 0 aliphatic carbocycles. The Morgan fingerprint density at radius 1 is 1.18 bits per heavy atom. The van der Waals surface area contributed by atoms with Crippen molar-refractivity contribution in [2.45, 2.75) is 42.9 Å². The molecule has 1 amide bonds. The number of benzene rings is 2. The van der Waals surface area contributed by atoms with Crippen LogP contribution in [-0.4, -0.2) is 5.91 Å². The van der Waals surface area contributed by atoms with Crippen LogP contribution in [0, 0.1) is 0 Å². The van der Waals surface area contributed by atoms with Crippen LogP contribution in [0.4, 0.5) is 11.4 Å². The quantitative estimate of drug-likeness (QED) is 0.758. The number of nitrogen functional groups attached to an aromatic ring is 1. The summed E-state index contributed by atoms with van der Waals surface area (Å²) in [6.45, 7) is 3.69. The lowest BCUT2D eigenvalue weighted by Gasteiger charge is -2.09. The van der Waals surface area contributed by atoms with Crippen LogP contribution in [0.5, 0.6) is 0 Å². The summed E-state index contributed by atoms with van der Waals surface area (Å²) < 4.78 is 0. The lowest BCUT2D eigenvalue weighted by atomic mass is 10.1. The molecule has 2 aromatic carbocycles. The Hall–Kier alpha value is -1.94. The summed E-state index contributed by atoms with van der Waals surface area (Å²) in [6.07, 6.45) is 3.53. The van der Waals surface area contributed by atoms with E-state index in [1.165, 1.54) is 30.2 Å². The summed E-state index contributed by atoms with van der Waals surface area (Å²) >= 11 is 1.68. The third-order valence-corrected chi connectivity index (χ3v) is 4.27. The molecule has 0 bridgehead atoms. The number of amides is 1. The van der Waals surface area contributed by atoms with E-state index in [2.05, 4.69) is 36.5 Å². The molecular weight excluding hydrogens is 292 g/mol. The molecule has 0 spiro atoms. The van der Waals surface area contributed by atoms with Crippen molar-refractivity contribution in [3.05, 3.63) is 48.0 Å². The molecule has 0 saturated heterocycles. The molecule has 3 N–H and O–H groups in total. The van der Waals surface area contributed by atoms with Crippen molar-refractivity contribution in [2.24, 2.45) is 0 Å². The fraction of sp³-hybridized carbons (Fsp3) is 0.278. The number of carbonyl (C=O) groups excluding carboxylic acids is 1. The number of hydrogen-bond donors (Lipinski definition) is 2. The Morgan fingerprint density at radius 2 is 1.95 bits per heavy atom. The zero-order valence-electron chi connectivity index (χ0n) is 13.1. The van der Waals surface area contributed by atoms with E-state index in [0.29, 0.717) is 11.4 Å². The molecule has 0 aromatic heterocycles. The van der Waals surface area contributed by atoms with Crippen LogP contribution in [0.1, 0.15) is 32.3 Å². The first-order valence-electron chi connectivity index (χ1n) is 7.52. The Balaban J connectivity index is 2.14. The number of nitrogens with one attached hydrogen (secondary N) is 1. The highest BCUT2D eigenvalue weighted by Gasteiger charge is 2.05. The van der Waals surface area contributed by atoms with Crippen molar-refractivity contribution < 1.29 is 4.79 Å². The van der Waals surface area contributed by atoms with Crippen LogP contribution in [0.3, 0.4) is 0 Å². The van der Waals surface area contributed by atoms with Gasteiger partial charge in [0.1, 0.15) is 0 Å². The summed E-state index contributed by atoms with van der Waals surface area (Å²) in [4.78, 5) is 13.5. The highest BCUT2D eigenvalue weighted by atomic mass is 32.2. The van der Waals surface area contributed by atoms with Gasteiger partial charge < -0.3 is 11.1 Å². The molecule has 2 aromatic rings. The van der Waals surface area contributed by atoms with Gasteiger partial charge in [0.05, 0.1) is 11.4 Å². The van der Waals surface area contributed by atoms with E-state index in [-0.39, 0.29) is 5.91 Å². The minimum absolute atomic E-state index is 0.115. The first-order valence-corrected chi connectivity index (χ1v) is 8.34. The van der Waals surface area contributed by atoms with Crippen LogP contribution in [-0.2, 0) is 11.2 Å². The lowest BCUT2D eigenvalue weighted by Crippen LogP contribution is -2.07. The van der Waals surface area contributed by atoms with Crippen molar-refractivity contribution in [3.63, 3.8) is 0 Å². The Kier molecular flexibility index (Phi) is 5.90. The van der Waals surface area contributed by atoms with E-state index < -0.39 is 0 Å². The van der Waals surface area contributed by atoms with Gasteiger partial charge in [-0.2, -0.15) is 0 Å². The van der Waals surface area contributed by atoms with Crippen LogP contribution in [0.15, 0.2) is 52.3 Å². The molecular formula is C18H22N2OS. The van der Waals surface area contributed by atoms with E-state index in [1.54, 1.807) is 11.8 Å². The van der Waals surface area contributed by atoms with Gasteiger partial charge in [-0.25, -0.2) is 0 Å². The van der Waals surface area contributed by atoms with Crippen molar-refractivity contribution in [3.8, 4) is 0 Å². The molecule has 0 saturated carbocycles. The molecule has 22 heavy (non-hydrogen) atoms. The predicted octanol–water partition coefficient (Wildman–Crippen LogP) is 4.72. The van der Waals surface area contributed by atoms with Crippen LogP contribution in [0.2, 0.25) is 0 Å². The SMILES string of the molecule is CCCCc1cccc(Sc2ccc(N)c(NC(C)=O)c2)c1. The van der Waals surface area contributed by atoms with E-state index in [9.17, 15) is 4.79 Å².